The average molecular weight is 329 g/mol. The largest absolute Gasteiger partial charge is 0.370 e. The molecule has 0 aliphatic heterocycles. The third-order valence-electron chi connectivity index (χ3n) is 2.52. The number of carbonyl (C=O) groups excluding carboxylic acids is 1. The normalized spacial score (nSPS) is 12.8. The Morgan fingerprint density at radius 2 is 2.28 bits per heavy atom. The van der Waals surface area contributed by atoms with Crippen molar-refractivity contribution >= 4 is 43.3 Å². The first-order chi connectivity index (χ1) is 8.59. The number of thiophene rings is 1. The van der Waals surface area contributed by atoms with E-state index in [1.165, 1.54) is 0 Å². The van der Waals surface area contributed by atoms with Crippen LogP contribution in [0.5, 0.6) is 0 Å². The van der Waals surface area contributed by atoms with Crippen LogP contribution in [0.15, 0.2) is 28.1 Å². The molecule has 1 amide bonds. The number of rotatable bonds is 5. The standard InChI is InChI=1S/C12H13BrN2O2S/c13-9-3-1-2-7-8(6-18-12(7)9)10(14)4-17-5-11(15)16/h1-3,6,10H,4-5,14H2,(H2,15,16). The Balaban J connectivity index is 2.15. The summed E-state index contributed by atoms with van der Waals surface area (Å²) >= 11 is 5.14. The Hall–Kier alpha value is -0.950. The number of primary amides is 1. The molecule has 96 valence electrons. The molecule has 4 N–H and O–H groups in total. The van der Waals surface area contributed by atoms with Gasteiger partial charge in [-0.3, -0.25) is 4.79 Å². The summed E-state index contributed by atoms with van der Waals surface area (Å²) in [5.74, 6) is -0.486. The van der Waals surface area contributed by atoms with E-state index < -0.39 is 5.91 Å². The van der Waals surface area contributed by atoms with E-state index in [0.29, 0.717) is 0 Å². The highest BCUT2D eigenvalue weighted by atomic mass is 79.9. The molecule has 1 heterocycles. The number of carbonyl (C=O) groups is 1. The first-order valence-corrected chi connectivity index (χ1v) is 7.04. The Morgan fingerprint density at radius 1 is 1.50 bits per heavy atom. The van der Waals surface area contributed by atoms with Crippen molar-refractivity contribution in [2.24, 2.45) is 11.5 Å². The van der Waals surface area contributed by atoms with Crippen LogP contribution in [0.1, 0.15) is 11.6 Å². The van der Waals surface area contributed by atoms with Crippen molar-refractivity contribution in [1.29, 1.82) is 0 Å². The van der Waals surface area contributed by atoms with Crippen LogP contribution in [0.4, 0.5) is 0 Å². The van der Waals surface area contributed by atoms with Crippen LogP contribution in [0.2, 0.25) is 0 Å². The van der Waals surface area contributed by atoms with E-state index in [1.807, 2.05) is 23.6 Å². The summed E-state index contributed by atoms with van der Waals surface area (Å²) < 4.78 is 7.37. The van der Waals surface area contributed by atoms with Gasteiger partial charge in [0.2, 0.25) is 5.91 Å². The molecule has 1 unspecified atom stereocenters. The van der Waals surface area contributed by atoms with Crippen molar-refractivity contribution in [2.75, 3.05) is 13.2 Å². The number of benzene rings is 1. The maximum atomic E-state index is 10.6. The second-order valence-electron chi connectivity index (χ2n) is 3.90. The Kier molecular flexibility index (Phi) is 4.34. The highest BCUT2D eigenvalue weighted by Crippen LogP contribution is 2.34. The molecule has 18 heavy (non-hydrogen) atoms. The van der Waals surface area contributed by atoms with Crippen molar-refractivity contribution < 1.29 is 9.53 Å². The van der Waals surface area contributed by atoms with Crippen LogP contribution in [0.3, 0.4) is 0 Å². The summed E-state index contributed by atoms with van der Waals surface area (Å²) in [5, 5.41) is 3.14. The van der Waals surface area contributed by atoms with Crippen LogP contribution in [-0.4, -0.2) is 19.1 Å². The first kappa shape index (κ1) is 13.5. The molecule has 2 aromatic rings. The molecule has 0 saturated carbocycles. The quantitative estimate of drug-likeness (QED) is 0.882. The van der Waals surface area contributed by atoms with Gasteiger partial charge in [0.1, 0.15) is 6.61 Å². The predicted octanol–water partition coefficient (Wildman–Crippen LogP) is 2.17. The molecular weight excluding hydrogens is 316 g/mol. The predicted molar refractivity (Wildman–Crippen MR) is 76.5 cm³/mol. The van der Waals surface area contributed by atoms with Crippen LogP contribution in [0.25, 0.3) is 10.1 Å². The van der Waals surface area contributed by atoms with E-state index in [9.17, 15) is 4.79 Å². The summed E-state index contributed by atoms with van der Waals surface area (Å²) in [6, 6.07) is 5.74. The molecule has 1 aromatic heterocycles. The zero-order valence-corrected chi connectivity index (χ0v) is 12.0. The van der Waals surface area contributed by atoms with E-state index in [4.69, 9.17) is 16.2 Å². The summed E-state index contributed by atoms with van der Waals surface area (Å²) in [6.07, 6.45) is 0. The van der Waals surface area contributed by atoms with Crippen molar-refractivity contribution in [1.82, 2.24) is 0 Å². The lowest BCUT2D eigenvalue weighted by atomic mass is 10.1. The molecule has 0 bridgehead atoms. The van der Waals surface area contributed by atoms with E-state index in [1.54, 1.807) is 11.3 Å². The lowest BCUT2D eigenvalue weighted by Crippen LogP contribution is -2.23. The highest BCUT2D eigenvalue weighted by molar-refractivity contribution is 9.10. The number of hydrogen-bond acceptors (Lipinski definition) is 4. The van der Waals surface area contributed by atoms with Crippen LogP contribution < -0.4 is 11.5 Å². The second-order valence-corrected chi connectivity index (χ2v) is 5.63. The number of ether oxygens (including phenoxy) is 1. The van der Waals surface area contributed by atoms with E-state index in [0.717, 1.165) is 20.1 Å². The Morgan fingerprint density at radius 3 is 3.00 bits per heavy atom. The van der Waals surface area contributed by atoms with Gasteiger partial charge in [-0.2, -0.15) is 0 Å². The van der Waals surface area contributed by atoms with Crippen molar-refractivity contribution in [2.45, 2.75) is 6.04 Å². The third kappa shape index (κ3) is 2.89. The van der Waals surface area contributed by atoms with Gasteiger partial charge in [-0.1, -0.05) is 12.1 Å². The van der Waals surface area contributed by atoms with Crippen LogP contribution >= 0.6 is 27.3 Å². The molecule has 6 heteroatoms. The van der Waals surface area contributed by atoms with Gasteiger partial charge in [0.25, 0.3) is 0 Å². The van der Waals surface area contributed by atoms with Gasteiger partial charge in [0, 0.05) is 9.17 Å². The Bertz CT molecular complexity index is 570. The third-order valence-corrected chi connectivity index (χ3v) is 4.49. The zero-order chi connectivity index (χ0) is 13.1. The maximum Gasteiger partial charge on any atom is 0.243 e. The molecule has 0 fully saturated rings. The fraction of sp³-hybridized carbons (Fsp3) is 0.250. The van der Waals surface area contributed by atoms with Gasteiger partial charge in [-0.25, -0.2) is 0 Å². The second kappa shape index (κ2) is 5.79. The van der Waals surface area contributed by atoms with Gasteiger partial charge in [-0.15, -0.1) is 11.3 Å². The molecule has 0 aliphatic rings. The monoisotopic (exact) mass is 328 g/mol. The summed E-state index contributed by atoms with van der Waals surface area (Å²) in [4.78, 5) is 10.6. The fourth-order valence-corrected chi connectivity index (χ4v) is 3.39. The lowest BCUT2D eigenvalue weighted by Gasteiger charge is -2.10. The van der Waals surface area contributed by atoms with Crippen LogP contribution in [0, 0.1) is 0 Å². The average Bonchev–Trinajstić information content (AvgIpc) is 2.73. The van der Waals surface area contributed by atoms with Gasteiger partial charge in [0.15, 0.2) is 0 Å². The van der Waals surface area contributed by atoms with E-state index >= 15 is 0 Å². The smallest absolute Gasteiger partial charge is 0.243 e. The summed E-state index contributed by atoms with van der Waals surface area (Å²) in [7, 11) is 0. The molecule has 0 spiro atoms. The minimum Gasteiger partial charge on any atom is -0.370 e. The van der Waals surface area contributed by atoms with Crippen LogP contribution in [-0.2, 0) is 9.53 Å². The number of hydrogen-bond donors (Lipinski definition) is 2. The van der Waals surface area contributed by atoms with Gasteiger partial charge >= 0.3 is 0 Å². The first-order valence-electron chi connectivity index (χ1n) is 5.37. The summed E-state index contributed by atoms with van der Waals surface area (Å²) in [6.45, 7) is 0.181. The SMILES string of the molecule is NC(=O)COCC(N)c1csc2c(Br)cccc12. The van der Waals surface area contributed by atoms with E-state index in [2.05, 4.69) is 15.9 Å². The molecule has 0 aliphatic carbocycles. The molecule has 4 nitrogen and oxygen atoms in total. The lowest BCUT2D eigenvalue weighted by molar-refractivity contribution is -0.122. The van der Waals surface area contributed by atoms with E-state index in [-0.39, 0.29) is 19.3 Å². The fourth-order valence-electron chi connectivity index (χ4n) is 1.71. The summed E-state index contributed by atoms with van der Waals surface area (Å²) in [5.41, 5.74) is 12.1. The van der Waals surface area contributed by atoms with Gasteiger partial charge in [-0.05, 0) is 38.3 Å². The van der Waals surface area contributed by atoms with Crippen molar-refractivity contribution in [3.05, 3.63) is 33.6 Å². The minimum atomic E-state index is -0.486. The van der Waals surface area contributed by atoms with Gasteiger partial charge < -0.3 is 16.2 Å². The highest BCUT2D eigenvalue weighted by Gasteiger charge is 2.13. The molecule has 1 atom stereocenters. The minimum absolute atomic E-state index is 0.0978. The number of amides is 1. The Labute approximate surface area is 117 Å². The maximum absolute atomic E-state index is 10.6. The molecule has 0 saturated heterocycles. The molecular formula is C12H13BrN2O2S. The molecule has 2 rings (SSSR count). The zero-order valence-electron chi connectivity index (χ0n) is 9.56. The van der Waals surface area contributed by atoms with Gasteiger partial charge in [0.05, 0.1) is 12.6 Å². The number of nitrogens with two attached hydrogens (primary N) is 2. The van der Waals surface area contributed by atoms with Crippen molar-refractivity contribution in [3.8, 4) is 0 Å². The molecule has 1 aromatic carbocycles. The number of halogens is 1. The topological polar surface area (TPSA) is 78.3 Å². The van der Waals surface area contributed by atoms with Crippen molar-refractivity contribution in [3.63, 3.8) is 0 Å². The number of fused-ring (bicyclic) bond motifs is 1. The molecule has 0 radical (unpaired) electrons.